The van der Waals surface area contributed by atoms with Crippen LogP contribution in [0.4, 0.5) is 11.4 Å². The van der Waals surface area contributed by atoms with E-state index in [1.54, 1.807) is 6.20 Å². The molecular formula is C14H17N3. The zero-order valence-corrected chi connectivity index (χ0v) is 9.98. The number of aromatic nitrogens is 1. The standard InChI is InChI=1S/C14H17N3/c1-3-5-10(2)17-13-8-9-16-14-11(13)6-4-7-12(14)15/h3-4,6-10H,1,5,15H2,2H3,(H,16,17). The number of pyridine rings is 1. The molecule has 0 radical (unpaired) electrons. The maximum Gasteiger partial charge on any atom is 0.0951 e. The van der Waals surface area contributed by atoms with Gasteiger partial charge in [0.2, 0.25) is 0 Å². The average molecular weight is 227 g/mol. The van der Waals surface area contributed by atoms with Crippen LogP contribution in [0.2, 0.25) is 0 Å². The molecule has 1 aromatic carbocycles. The lowest BCUT2D eigenvalue weighted by Crippen LogP contribution is -2.14. The molecule has 1 atom stereocenters. The van der Waals surface area contributed by atoms with Crippen LogP contribution < -0.4 is 11.1 Å². The van der Waals surface area contributed by atoms with Crippen LogP contribution in [0.3, 0.4) is 0 Å². The Labute approximate surface area is 101 Å². The highest BCUT2D eigenvalue weighted by molar-refractivity contribution is 5.97. The predicted molar refractivity (Wildman–Crippen MR) is 74.1 cm³/mol. The first-order valence-electron chi connectivity index (χ1n) is 5.73. The molecule has 0 amide bonds. The number of nitrogen functional groups attached to an aromatic ring is 1. The Bertz CT molecular complexity index is 534. The van der Waals surface area contributed by atoms with Crippen molar-refractivity contribution in [1.29, 1.82) is 0 Å². The monoisotopic (exact) mass is 227 g/mol. The van der Waals surface area contributed by atoms with E-state index in [4.69, 9.17) is 5.73 Å². The first-order valence-corrected chi connectivity index (χ1v) is 5.73. The van der Waals surface area contributed by atoms with Crippen molar-refractivity contribution in [3.8, 4) is 0 Å². The number of fused-ring (bicyclic) bond motifs is 1. The van der Waals surface area contributed by atoms with Gasteiger partial charge in [-0.3, -0.25) is 4.98 Å². The van der Waals surface area contributed by atoms with Crippen molar-refractivity contribution in [3.05, 3.63) is 43.1 Å². The third kappa shape index (κ3) is 2.38. The molecule has 3 heteroatoms. The van der Waals surface area contributed by atoms with Gasteiger partial charge < -0.3 is 11.1 Å². The van der Waals surface area contributed by atoms with Crippen molar-refractivity contribution in [1.82, 2.24) is 4.98 Å². The van der Waals surface area contributed by atoms with E-state index in [0.29, 0.717) is 11.7 Å². The number of nitrogens with zero attached hydrogens (tertiary/aromatic N) is 1. The minimum absolute atomic E-state index is 0.347. The molecule has 3 N–H and O–H groups in total. The molecule has 0 aliphatic rings. The zero-order valence-electron chi connectivity index (χ0n) is 9.98. The first kappa shape index (κ1) is 11.5. The van der Waals surface area contributed by atoms with E-state index in [9.17, 15) is 0 Å². The van der Waals surface area contributed by atoms with Crippen LogP contribution in [0.1, 0.15) is 13.3 Å². The van der Waals surface area contributed by atoms with Gasteiger partial charge in [0.15, 0.2) is 0 Å². The Morgan fingerprint density at radius 1 is 1.47 bits per heavy atom. The molecule has 0 aliphatic heterocycles. The number of hydrogen-bond acceptors (Lipinski definition) is 3. The Morgan fingerprint density at radius 3 is 3.06 bits per heavy atom. The van der Waals surface area contributed by atoms with Crippen LogP contribution in [0.15, 0.2) is 43.1 Å². The summed E-state index contributed by atoms with van der Waals surface area (Å²) in [6, 6.07) is 8.16. The normalized spacial score (nSPS) is 12.3. The summed E-state index contributed by atoms with van der Waals surface area (Å²) in [5.41, 5.74) is 8.54. The van der Waals surface area contributed by atoms with Gasteiger partial charge in [0, 0.05) is 23.3 Å². The van der Waals surface area contributed by atoms with Crippen LogP contribution in [0, 0.1) is 0 Å². The summed E-state index contributed by atoms with van der Waals surface area (Å²) in [5.74, 6) is 0. The number of nitrogens with one attached hydrogen (secondary N) is 1. The molecule has 3 nitrogen and oxygen atoms in total. The highest BCUT2D eigenvalue weighted by atomic mass is 14.9. The Hall–Kier alpha value is -2.03. The molecule has 1 aromatic heterocycles. The maximum atomic E-state index is 5.91. The van der Waals surface area contributed by atoms with Gasteiger partial charge in [-0.2, -0.15) is 0 Å². The van der Waals surface area contributed by atoms with Crippen LogP contribution in [0.25, 0.3) is 10.9 Å². The summed E-state index contributed by atoms with van der Waals surface area (Å²) in [4.78, 5) is 4.31. The Balaban J connectivity index is 2.41. The van der Waals surface area contributed by atoms with Crippen molar-refractivity contribution in [2.75, 3.05) is 11.1 Å². The summed E-state index contributed by atoms with van der Waals surface area (Å²) in [5, 5.41) is 4.50. The van der Waals surface area contributed by atoms with Crippen LogP contribution in [0.5, 0.6) is 0 Å². The molecule has 0 spiro atoms. The highest BCUT2D eigenvalue weighted by Crippen LogP contribution is 2.26. The van der Waals surface area contributed by atoms with E-state index in [1.807, 2.05) is 30.3 Å². The van der Waals surface area contributed by atoms with Gasteiger partial charge in [-0.05, 0) is 25.5 Å². The quantitative estimate of drug-likeness (QED) is 0.623. The van der Waals surface area contributed by atoms with E-state index in [1.165, 1.54) is 0 Å². The molecule has 0 aliphatic carbocycles. The van der Waals surface area contributed by atoms with Crippen molar-refractivity contribution in [2.24, 2.45) is 0 Å². The van der Waals surface area contributed by atoms with Crippen molar-refractivity contribution in [2.45, 2.75) is 19.4 Å². The highest BCUT2D eigenvalue weighted by Gasteiger charge is 2.06. The summed E-state index contributed by atoms with van der Waals surface area (Å²) < 4.78 is 0. The lowest BCUT2D eigenvalue weighted by molar-refractivity contribution is 0.815. The summed E-state index contributed by atoms with van der Waals surface area (Å²) in [6.07, 6.45) is 4.61. The summed E-state index contributed by atoms with van der Waals surface area (Å²) in [6.45, 7) is 5.87. The van der Waals surface area contributed by atoms with E-state index >= 15 is 0 Å². The number of anilines is 2. The van der Waals surface area contributed by atoms with Gasteiger partial charge in [0.05, 0.1) is 11.2 Å². The number of benzene rings is 1. The van der Waals surface area contributed by atoms with E-state index in [-0.39, 0.29) is 0 Å². The van der Waals surface area contributed by atoms with Gasteiger partial charge in [-0.15, -0.1) is 6.58 Å². The molecule has 1 heterocycles. The molecule has 1 unspecified atom stereocenters. The average Bonchev–Trinajstić information content (AvgIpc) is 2.31. The van der Waals surface area contributed by atoms with Crippen LogP contribution in [-0.2, 0) is 0 Å². The van der Waals surface area contributed by atoms with Gasteiger partial charge in [-0.25, -0.2) is 0 Å². The molecule has 17 heavy (non-hydrogen) atoms. The summed E-state index contributed by atoms with van der Waals surface area (Å²) >= 11 is 0. The number of nitrogens with two attached hydrogens (primary N) is 1. The number of rotatable bonds is 4. The Kier molecular flexibility index (Phi) is 3.28. The van der Waals surface area contributed by atoms with Gasteiger partial charge in [0.1, 0.15) is 0 Å². The largest absolute Gasteiger partial charge is 0.397 e. The van der Waals surface area contributed by atoms with Crippen LogP contribution in [-0.4, -0.2) is 11.0 Å². The molecule has 0 saturated heterocycles. The fraction of sp³-hybridized carbons (Fsp3) is 0.214. The maximum absolute atomic E-state index is 5.91. The molecule has 2 rings (SSSR count). The molecule has 0 fully saturated rings. The third-order valence-electron chi connectivity index (χ3n) is 2.72. The second-order valence-electron chi connectivity index (χ2n) is 4.17. The first-order chi connectivity index (χ1) is 8.22. The molecule has 0 saturated carbocycles. The minimum atomic E-state index is 0.347. The van der Waals surface area contributed by atoms with Gasteiger partial charge >= 0.3 is 0 Å². The van der Waals surface area contributed by atoms with Crippen molar-refractivity contribution < 1.29 is 0 Å². The number of hydrogen-bond donors (Lipinski definition) is 2. The molecule has 0 bridgehead atoms. The molecular weight excluding hydrogens is 210 g/mol. The molecule has 2 aromatic rings. The van der Waals surface area contributed by atoms with E-state index < -0.39 is 0 Å². The second-order valence-corrected chi connectivity index (χ2v) is 4.17. The van der Waals surface area contributed by atoms with Gasteiger partial charge in [-0.1, -0.05) is 18.2 Å². The van der Waals surface area contributed by atoms with Crippen molar-refractivity contribution >= 4 is 22.3 Å². The van der Waals surface area contributed by atoms with Crippen molar-refractivity contribution in [3.63, 3.8) is 0 Å². The lowest BCUT2D eigenvalue weighted by Gasteiger charge is -2.15. The topological polar surface area (TPSA) is 50.9 Å². The summed E-state index contributed by atoms with van der Waals surface area (Å²) in [7, 11) is 0. The van der Waals surface area contributed by atoms with Crippen LogP contribution >= 0.6 is 0 Å². The minimum Gasteiger partial charge on any atom is -0.397 e. The predicted octanol–water partition coefficient (Wildman–Crippen LogP) is 3.19. The lowest BCUT2D eigenvalue weighted by atomic mass is 10.1. The van der Waals surface area contributed by atoms with E-state index in [2.05, 4.69) is 23.8 Å². The van der Waals surface area contributed by atoms with Gasteiger partial charge in [0.25, 0.3) is 0 Å². The third-order valence-corrected chi connectivity index (χ3v) is 2.72. The fourth-order valence-corrected chi connectivity index (χ4v) is 1.90. The fourth-order valence-electron chi connectivity index (χ4n) is 1.90. The van der Waals surface area contributed by atoms with E-state index in [0.717, 1.165) is 23.0 Å². The smallest absolute Gasteiger partial charge is 0.0951 e. The number of para-hydroxylation sites is 1. The second kappa shape index (κ2) is 4.87. The zero-order chi connectivity index (χ0) is 12.3. The Morgan fingerprint density at radius 2 is 2.29 bits per heavy atom. The molecule has 88 valence electrons. The SMILES string of the molecule is C=CCC(C)Nc1ccnc2c(N)cccc12.